The van der Waals surface area contributed by atoms with Crippen molar-refractivity contribution < 1.29 is 4.74 Å². The zero-order valence-corrected chi connectivity index (χ0v) is 16.4. The summed E-state index contributed by atoms with van der Waals surface area (Å²) >= 11 is 0. The number of benzene rings is 1. The molecule has 1 saturated heterocycles. The molecule has 0 saturated carbocycles. The van der Waals surface area contributed by atoms with Crippen LogP contribution in [-0.4, -0.2) is 29.6 Å². The van der Waals surface area contributed by atoms with E-state index in [2.05, 4.69) is 61.0 Å². The number of aryl methyl sites for hydroxylation is 1. The van der Waals surface area contributed by atoms with E-state index in [1.165, 1.54) is 42.5 Å². The van der Waals surface area contributed by atoms with Crippen molar-refractivity contribution in [3.63, 3.8) is 0 Å². The molecule has 1 fully saturated rings. The molecule has 1 aromatic carbocycles. The summed E-state index contributed by atoms with van der Waals surface area (Å²) in [4.78, 5) is 6.92. The van der Waals surface area contributed by atoms with Crippen LogP contribution in [0.3, 0.4) is 0 Å². The van der Waals surface area contributed by atoms with E-state index >= 15 is 0 Å². The van der Waals surface area contributed by atoms with Gasteiger partial charge in [-0.25, -0.2) is 0 Å². The quantitative estimate of drug-likeness (QED) is 0.614. The number of hydrogen-bond donors (Lipinski definition) is 0. The topological polar surface area (TPSA) is 25.4 Å². The molecule has 0 bridgehead atoms. The normalized spacial score (nSPS) is 18.2. The maximum atomic E-state index is 6.12. The number of hydrogen-bond acceptors (Lipinski definition) is 3. The molecule has 0 radical (unpaired) electrons. The Bertz CT molecular complexity index is 684. The number of ether oxygens (including phenoxy) is 1. The fourth-order valence-corrected chi connectivity index (χ4v) is 3.79. The third kappa shape index (κ3) is 4.85. The summed E-state index contributed by atoms with van der Waals surface area (Å²) < 4.78 is 6.12. The van der Waals surface area contributed by atoms with Gasteiger partial charge in [0.15, 0.2) is 0 Å². The van der Waals surface area contributed by atoms with Gasteiger partial charge >= 0.3 is 0 Å². The van der Waals surface area contributed by atoms with E-state index in [0.717, 1.165) is 25.3 Å². The van der Waals surface area contributed by atoms with Crippen LogP contribution in [0.1, 0.15) is 68.2 Å². The van der Waals surface area contributed by atoms with E-state index in [4.69, 9.17) is 4.74 Å². The van der Waals surface area contributed by atoms with Gasteiger partial charge in [0.05, 0.1) is 6.61 Å². The molecule has 0 unspecified atom stereocenters. The van der Waals surface area contributed by atoms with Crippen molar-refractivity contribution in [3.05, 3.63) is 59.4 Å². The van der Waals surface area contributed by atoms with E-state index in [1.54, 1.807) is 0 Å². The average molecular weight is 353 g/mol. The summed E-state index contributed by atoms with van der Waals surface area (Å²) in [5.41, 5.74) is 3.92. The van der Waals surface area contributed by atoms with Crippen molar-refractivity contribution in [1.29, 1.82) is 0 Å². The summed E-state index contributed by atoms with van der Waals surface area (Å²) in [5.74, 6) is 1.57. The molecular weight excluding hydrogens is 320 g/mol. The second kappa shape index (κ2) is 9.18. The van der Waals surface area contributed by atoms with E-state index in [9.17, 15) is 0 Å². The third-order valence-electron chi connectivity index (χ3n) is 5.41. The van der Waals surface area contributed by atoms with Crippen LogP contribution in [0.15, 0.2) is 42.7 Å². The van der Waals surface area contributed by atoms with Crippen LogP contribution in [0.25, 0.3) is 0 Å². The van der Waals surface area contributed by atoms with Crippen LogP contribution >= 0.6 is 0 Å². The van der Waals surface area contributed by atoms with E-state index in [-0.39, 0.29) is 0 Å². The molecule has 3 heteroatoms. The predicted octanol–water partition coefficient (Wildman–Crippen LogP) is 5.51. The maximum absolute atomic E-state index is 6.12. The lowest BCUT2D eigenvalue weighted by Crippen LogP contribution is -2.34. The summed E-state index contributed by atoms with van der Waals surface area (Å²) in [6.07, 6.45) is 8.80. The Balaban J connectivity index is 1.53. The van der Waals surface area contributed by atoms with Crippen molar-refractivity contribution in [2.75, 3.05) is 19.7 Å². The van der Waals surface area contributed by atoms with Crippen molar-refractivity contribution in [3.8, 4) is 5.75 Å². The molecule has 3 rings (SSSR count). The number of nitrogens with zero attached hydrogens (tertiary/aromatic N) is 2. The lowest BCUT2D eigenvalue weighted by Gasteiger charge is -2.35. The van der Waals surface area contributed by atoms with Gasteiger partial charge in [-0.1, -0.05) is 38.5 Å². The molecule has 1 aromatic heterocycles. The molecule has 140 valence electrons. The zero-order valence-electron chi connectivity index (χ0n) is 16.4. The van der Waals surface area contributed by atoms with Gasteiger partial charge in [0.25, 0.3) is 0 Å². The fourth-order valence-electron chi connectivity index (χ4n) is 3.79. The first kappa shape index (κ1) is 18.9. The third-order valence-corrected chi connectivity index (χ3v) is 5.41. The van der Waals surface area contributed by atoms with Gasteiger partial charge in [0.1, 0.15) is 5.75 Å². The number of aromatic nitrogens is 1. The molecule has 1 aliphatic heterocycles. The van der Waals surface area contributed by atoms with Crippen molar-refractivity contribution in [2.24, 2.45) is 0 Å². The Morgan fingerprint density at radius 2 is 2.12 bits per heavy atom. The van der Waals surface area contributed by atoms with E-state index in [0.29, 0.717) is 12.0 Å². The number of piperidine rings is 1. The molecule has 1 atom stereocenters. The van der Waals surface area contributed by atoms with Crippen LogP contribution in [0.5, 0.6) is 5.75 Å². The minimum atomic E-state index is 0.517. The van der Waals surface area contributed by atoms with E-state index < -0.39 is 0 Å². The maximum Gasteiger partial charge on any atom is 0.122 e. The number of likely N-dealkylation sites (tertiary alicyclic amines) is 1. The Kier molecular flexibility index (Phi) is 6.67. The van der Waals surface area contributed by atoms with Gasteiger partial charge in [-0.2, -0.15) is 0 Å². The second-order valence-corrected chi connectivity index (χ2v) is 7.72. The van der Waals surface area contributed by atoms with Crippen molar-refractivity contribution in [2.45, 2.75) is 58.4 Å². The first-order valence-electron chi connectivity index (χ1n) is 10.0. The van der Waals surface area contributed by atoms with Crippen molar-refractivity contribution in [1.82, 2.24) is 9.88 Å². The lowest BCUT2D eigenvalue weighted by molar-refractivity contribution is 0.137. The first-order valence-corrected chi connectivity index (χ1v) is 10.0. The van der Waals surface area contributed by atoms with Crippen LogP contribution in [-0.2, 0) is 0 Å². The van der Waals surface area contributed by atoms with Crippen LogP contribution in [0.4, 0.5) is 0 Å². The smallest absolute Gasteiger partial charge is 0.122 e. The fraction of sp³-hybridized carbons (Fsp3) is 0.522. The van der Waals surface area contributed by atoms with Gasteiger partial charge < -0.3 is 4.74 Å². The highest BCUT2D eigenvalue weighted by atomic mass is 16.5. The van der Waals surface area contributed by atoms with Gasteiger partial charge in [0, 0.05) is 25.0 Å². The van der Waals surface area contributed by atoms with E-state index in [1.807, 2.05) is 12.4 Å². The van der Waals surface area contributed by atoms with Gasteiger partial charge in [-0.3, -0.25) is 9.88 Å². The zero-order chi connectivity index (χ0) is 18.4. The number of rotatable bonds is 7. The SMILES string of the molecule is Cc1ccc(C(C)C)cc1OCCCN1CCCC[C@H]1c1cccnc1. The van der Waals surface area contributed by atoms with Crippen LogP contribution < -0.4 is 4.74 Å². The highest BCUT2D eigenvalue weighted by Crippen LogP contribution is 2.30. The molecule has 0 spiro atoms. The Hall–Kier alpha value is -1.87. The molecular formula is C23H32N2O. The minimum Gasteiger partial charge on any atom is -0.493 e. The standard InChI is InChI=1S/C23H32N2O/c1-18(2)20-11-10-19(3)23(16-20)26-15-7-14-25-13-5-4-9-22(25)21-8-6-12-24-17-21/h6,8,10-12,16-18,22H,4-5,7,9,13-15H2,1-3H3/t22-/m0/s1. The molecule has 0 aliphatic carbocycles. The molecule has 1 aliphatic rings. The Morgan fingerprint density at radius 1 is 1.23 bits per heavy atom. The summed E-state index contributed by atoms with van der Waals surface area (Å²) in [7, 11) is 0. The number of pyridine rings is 1. The largest absolute Gasteiger partial charge is 0.493 e. The van der Waals surface area contributed by atoms with Crippen molar-refractivity contribution >= 4 is 0 Å². The average Bonchev–Trinajstić information content (AvgIpc) is 2.67. The lowest BCUT2D eigenvalue weighted by atomic mass is 9.96. The second-order valence-electron chi connectivity index (χ2n) is 7.72. The van der Waals surface area contributed by atoms with Crippen LogP contribution in [0.2, 0.25) is 0 Å². The summed E-state index contributed by atoms with van der Waals surface area (Å²) in [6, 6.07) is 11.4. The minimum absolute atomic E-state index is 0.517. The van der Waals surface area contributed by atoms with Gasteiger partial charge in [-0.15, -0.1) is 0 Å². The van der Waals surface area contributed by atoms with Crippen LogP contribution in [0, 0.1) is 6.92 Å². The molecule has 0 N–H and O–H groups in total. The molecule has 0 amide bonds. The summed E-state index contributed by atoms with van der Waals surface area (Å²) in [6.45, 7) is 9.62. The Labute approximate surface area is 158 Å². The predicted molar refractivity (Wildman–Crippen MR) is 108 cm³/mol. The highest BCUT2D eigenvalue weighted by molar-refractivity contribution is 5.37. The van der Waals surface area contributed by atoms with Gasteiger partial charge in [-0.05, 0) is 67.5 Å². The monoisotopic (exact) mass is 352 g/mol. The molecule has 26 heavy (non-hydrogen) atoms. The van der Waals surface area contributed by atoms with Gasteiger partial charge in [0.2, 0.25) is 0 Å². The molecule has 2 aromatic rings. The highest BCUT2D eigenvalue weighted by Gasteiger charge is 2.23. The first-order chi connectivity index (χ1) is 12.6. The summed E-state index contributed by atoms with van der Waals surface area (Å²) in [5, 5.41) is 0. The molecule has 2 heterocycles. The Morgan fingerprint density at radius 3 is 2.88 bits per heavy atom. The molecule has 3 nitrogen and oxygen atoms in total.